The number of nitrogens with zero attached hydrogens (tertiary/aromatic N) is 3. The number of benzene rings is 2. The lowest BCUT2D eigenvalue weighted by Gasteiger charge is -2.04. The minimum Gasteiger partial charge on any atom is -0.493 e. The van der Waals surface area contributed by atoms with Gasteiger partial charge < -0.3 is 14.6 Å². The van der Waals surface area contributed by atoms with E-state index in [9.17, 15) is 14.7 Å². The number of hydrogen-bond donors (Lipinski definition) is 1. The van der Waals surface area contributed by atoms with E-state index in [0.29, 0.717) is 21.7 Å². The third-order valence-electron chi connectivity index (χ3n) is 3.87. The van der Waals surface area contributed by atoms with Gasteiger partial charge in [-0.3, -0.25) is 14.2 Å². The highest BCUT2D eigenvalue weighted by molar-refractivity contribution is 6.30. The Kier molecular flexibility index (Phi) is 5.90. The van der Waals surface area contributed by atoms with Crippen molar-refractivity contribution >= 4 is 40.1 Å². The van der Waals surface area contributed by atoms with Crippen LogP contribution in [0.25, 0.3) is 10.9 Å². The van der Waals surface area contributed by atoms with Gasteiger partial charge in [-0.05, 0) is 30.3 Å². The first-order chi connectivity index (χ1) is 13.5. The number of rotatable bonds is 6. The molecule has 0 radical (unpaired) electrons. The van der Waals surface area contributed by atoms with Crippen LogP contribution < -0.4 is 4.74 Å². The first-order valence-electron chi connectivity index (χ1n) is 8.19. The van der Waals surface area contributed by atoms with Crippen molar-refractivity contribution in [2.45, 2.75) is 6.54 Å². The topological polar surface area (TPSA) is 102 Å². The number of aromatic hydroxyl groups is 1. The molecule has 0 aliphatic carbocycles. The molecule has 2 aromatic carbocycles. The second-order valence-corrected chi connectivity index (χ2v) is 6.12. The summed E-state index contributed by atoms with van der Waals surface area (Å²) in [6, 6.07) is 13.4. The van der Waals surface area contributed by atoms with Gasteiger partial charge >= 0.3 is 11.9 Å². The molecule has 0 aliphatic heterocycles. The number of halogens is 1. The summed E-state index contributed by atoms with van der Waals surface area (Å²) >= 11 is 5.79. The van der Waals surface area contributed by atoms with Crippen molar-refractivity contribution in [3.63, 3.8) is 0 Å². The van der Waals surface area contributed by atoms with E-state index in [1.807, 2.05) is 0 Å². The fourth-order valence-electron chi connectivity index (χ4n) is 2.53. The zero-order valence-corrected chi connectivity index (χ0v) is 15.6. The number of aromatic nitrogens is 1. The van der Waals surface area contributed by atoms with Crippen LogP contribution >= 0.6 is 11.6 Å². The summed E-state index contributed by atoms with van der Waals surface area (Å²) < 4.78 is 11.3. The van der Waals surface area contributed by atoms with Crippen LogP contribution in [0.5, 0.6) is 11.6 Å². The Morgan fingerprint density at radius 1 is 1.14 bits per heavy atom. The van der Waals surface area contributed by atoms with E-state index >= 15 is 0 Å². The molecule has 0 spiro atoms. The smallest absolute Gasteiger partial charge is 0.325 e. The second kappa shape index (κ2) is 8.53. The Balaban J connectivity index is 1.79. The summed E-state index contributed by atoms with van der Waals surface area (Å²) in [6.45, 7) is -0.529. The molecule has 3 aromatic rings. The Labute approximate surface area is 165 Å². The van der Waals surface area contributed by atoms with Crippen LogP contribution in [-0.2, 0) is 20.9 Å². The first kappa shape index (κ1) is 19.4. The van der Waals surface area contributed by atoms with E-state index in [1.54, 1.807) is 48.5 Å². The molecule has 3 rings (SSSR count). The normalized spacial score (nSPS) is 11.1. The fraction of sp³-hybridized carbons (Fsp3) is 0.158. The number of amides is 1. The highest BCUT2D eigenvalue weighted by atomic mass is 35.5. The Bertz CT molecular complexity index is 1040. The van der Waals surface area contributed by atoms with Gasteiger partial charge in [0.25, 0.3) is 0 Å². The molecule has 1 amide bonds. The van der Waals surface area contributed by atoms with Gasteiger partial charge in [0.15, 0.2) is 12.3 Å². The Hall–Kier alpha value is -3.39. The van der Waals surface area contributed by atoms with Crippen molar-refractivity contribution in [2.75, 3.05) is 13.7 Å². The van der Waals surface area contributed by atoms with E-state index in [2.05, 4.69) is 15.0 Å². The van der Waals surface area contributed by atoms with Crippen LogP contribution in [0.4, 0.5) is 5.69 Å². The molecule has 0 fully saturated rings. The molecule has 144 valence electrons. The van der Waals surface area contributed by atoms with Crippen molar-refractivity contribution in [2.24, 2.45) is 10.2 Å². The van der Waals surface area contributed by atoms with E-state index < -0.39 is 11.9 Å². The summed E-state index contributed by atoms with van der Waals surface area (Å²) in [6.07, 6.45) is 0. The van der Waals surface area contributed by atoms with Gasteiger partial charge in [-0.2, -0.15) is 0 Å². The van der Waals surface area contributed by atoms with Gasteiger partial charge in [-0.15, -0.1) is 10.2 Å². The average Bonchev–Trinajstić information content (AvgIpc) is 2.97. The van der Waals surface area contributed by atoms with E-state index in [4.69, 9.17) is 16.3 Å². The molecule has 0 unspecified atom stereocenters. The van der Waals surface area contributed by atoms with Crippen LogP contribution in [0.3, 0.4) is 0 Å². The lowest BCUT2D eigenvalue weighted by atomic mass is 10.2. The highest BCUT2D eigenvalue weighted by Gasteiger charge is 2.18. The fourth-order valence-corrected chi connectivity index (χ4v) is 2.66. The number of methoxy groups -OCH3 is 1. The zero-order chi connectivity index (χ0) is 20.1. The second-order valence-electron chi connectivity index (χ2n) is 5.69. The third-order valence-corrected chi connectivity index (χ3v) is 4.12. The summed E-state index contributed by atoms with van der Waals surface area (Å²) in [5.74, 6) is -1.00. The molecule has 9 heteroatoms. The number of carbonyl (C=O) groups excluding carboxylic acids is 2. The first-order valence-corrected chi connectivity index (χ1v) is 8.57. The molecule has 1 heterocycles. The quantitative estimate of drug-likeness (QED) is 0.499. The summed E-state index contributed by atoms with van der Waals surface area (Å²) in [4.78, 5) is 23.6. The molecule has 28 heavy (non-hydrogen) atoms. The van der Waals surface area contributed by atoms with E-state index in [1.165, 1.54) is 11.7 Å². The van der Waals surface area contributed by atoms with Crippen LogP contribution in [0.2, 0.25) is 5.02 Å². The zero-order valence-electron chi connectivity index (χ0n) is 14.8. The third kappa shape index (κ3) is 4.29. The number of fused-ring (bicyclic) bond motifs is 1. The average molecular weight is 402 g/mol. The lowest BCUT2D eigenvalue weighted by molar-refractivity contribution is -0.141. The predicted molar refractivity (Wildman–Crippen MR) is 102 cm³/mol. The van der Waals surface area contributed by atoms with Crippen LogP contribution in [0.15, 0.2) is 58.8 Å². The number of esters is 1. The molecule has 1 aromatic heterocycles. The summed E-state index contributed by atoms with van der Waals surface area (Å²) in [5, 5.41) is 19.0. The SMILES string of the molecule is COC(=O)Cn1c(O)c(N=NC(=O)COc2ccc(Cl)cc2)c2ccccc21. The van der Waals surface area contributed by atoms with Gasteiger partial charge in [-0.1, -0.05) is 29.8 Å². The number of carbonyl (C=O) groups is 2. The monoisotopic (exact) mass is 401 g/mol. The largest absolute Gasteiger partial charge is 0.493 e. The van der Waals surface area contributed by atoms with Crippen molar-refractivity contribution < 1.29 is 24.2 Å². The summed E-state index contributed by atoms with van der Waals surface area (Å²) in [7, 11) is 1.26. The standard InChI is InChI=1S/C19H16ClN3O5/c1-27-17(25)10-23-15-5-3-2-4-14(15)18(19(23)26)22-21-16(24)11-28-13-8-6-12(20)7-9-13/h2-9,26H,10-11H2,1H3. The number of azo groups is 1. The maximum absolute atomic E-state index is 12.0. The van der Waals surface area contributed by atoms with Gasteiger partial charge in [-0.25, -0.2) is 0 Å². The molecule has 0 aliphatic rings. The van der Waals surface area contributed by atoms with Crippen molar-refractivity contribution in [3.8, 4) is 11.6 Å². The van der Waals surface area contributed by atoms with Gasteiger partial charge in [0.05, 0.1) is 12.6 Å². The maximum Gasteiger partial charge on any atom is 0.325 e. The van der Waals surface area contributed by atoms with Gasteiger partial charge in [0.1, 0.15) is 12.3 Å². The van der Waals surface area contributed by atoms with E-state index in [-0.39, 0.29) is 24.7 Å². The molecule has 0 bridgehead atoms. The lowest BCUT2D eigenvalue weighted by Crippen LogP contribution is -2.10. The number of hydrogen-bond acceptors (Lipinski definition) is 6. The number of para-hydroxylation sites is 1. The Morgan fingerprint density at radius 3 is 2.57 bits per heavy atom. The van der Waals surface area contributed by atoms with Crippen molar-refractivity contribution in [3.05, 3.63) is 53.6 Å². The molecular formula is C19H16ClN3O5. The van der Waals surface area contributed by atoms with Crippen LogP contribution in [0.1, 0.15) is 0 Å². The molecule has 1 N–H and O–H groups in total. The van der Waals surface area contributed by atoms with E-state index in [0.717, 1.165) is 0 Å². The predicted octanol–water partition coefficient (Wildman–Crippen LogP) is 3.86. The van der Waals surface area contributed by atoms with Crippen molar-refractivity contribution in [1.82, 2.24) is 4.57 Å². The molecule has 8 nitrogen and oxygen atoms in total. The molecular weight excluding hydrogens is 386 g/mol. The maximum atomic E-state index is 12.0. The molecule has 0 atom stereocenters. The summed E-state index contributed by atoms with van der Waals surface area (Å²) in [5.41, 5.74) is 0.642. The van der Waals surface area contributed by atoms with Gasteiger partial charge in [0.2, 0.25) is 5.88 Å². The van der Waals surface area contributed by atoms with Crippen LogP contribution in [0, 0.1) is 0 Å². The molecule has 0 saturated carbocycles. The van der Waals surface area contributed by atoms with Gasteiger partial charge in [0, 0.05) is 10.4 Å². The Morgan fingerprint density at radius 2 is 1.86 bits per heavy atom. The number of ether oxygens (including phenoxy) is 2. The van der Waals surface area contributed by atoms with Crippen molar-refractivity contribution in [1.29, 1.82) is 0 Å². The minimum atomic E-state index is -0.640. The highest BCUT2D eigenvalue weighted by Crippen LogP contribution is 2.38. The molecule has 0 saturated heterocycles. The minimum absolute atomic E-state index is 0.0827. The van der Waals surface area contributed by atoms with Crippen LogP contribution in [-0.4, -0.2) is 35.3 Å².